The number of aryl methyl sites for hydroxylation is 1. The summed E-state index contributed by atoms with van der Waals surface area (Å²) in [5.41, 5.74) is 2.13. The van der Waals surface area contributed by atoms with E-state index in [0.29, 0.717) is 11.8 Å². The molecular weight excluding hydrogens is 307 g/mol. The number of carbonyl (C=O) groups is 1. The quantitative estimate of drug-likeness (QED) is 0.850. The number of carbonyl (C=O) groups excluding carboxylic acids is 1. The van der Waals surface area contributed by atoms with Crippen LogP contribution in [0, 0.1) is 24.6 Å². The first-order valence-corrected chi connectivity index (χ1v) is 8.36. The second-order valence-electron chi connectivity index (χ2n) is 6.99. The third kappa shape index (κ3) is 2.94. The minimum atomic E-state index is -0.194. The molecule has 3 heterocycles. The fraction of sp³-hybridized carbons (Fsp3) is 0.444. The summed E-state index contributed by atoms with van der Waals surface area (Å²) in [6.07, 6.45) is 3.48. The van der Waals surface area contributed by atoms with Gasteiger partial charge in [0.2, 0.25) is 0 Å². The van der Waals surface area contributed by atoms with E-state index in [1.165, 1.54) is 16.8 Å². The molecule has 24 heavy (non-hydrogen) atoms. The molecule has 2 aliphatic heterocycles. The molecular formula is C18H21FN4O. The highest BCUT2D eigenvalue weighted by molar-refractivity contribution is 5.76. The maximum atomic E-state index is 13.0. The lowest BCUT2D eigenvalue weighted by Crippen LogP contribution is -2.36. The molecule has 2 saturated heterocycles. The first-order chi connectivity index (χ1) is 11.6. The Morgan fingerprint density at radius 3 is 2.42 bits per heavy atom. The molecule has 6 heteroatoms. The van der Waals surface area contributed by atoms with E-state index < -0.39 is 0 Å². The number of halogens is 1. The van der Waals surface area contributed by atoms with Gasteiger partial charge in [-0.2, -0.15) is 9.78 Å². The summed E-state index contributed by atoms with van der Waals surface area (Å²) in [6.45, 7) is 6.35. The van der Waals surface area contributed by atoms with Crippen LogP contribution in [0.3, 0.4) is 0 Å². The lowest BCUT2D eigenvalue weighted by Gasteiger charge is -2.21. The van der Waals surface area contributed by atoms with Crippen molar-refractivity contribution in [1.82, 2.24) is 19.6 Å². The molecule has 2 aliphatic rings. The van der Waals surface area contributed by atoms with Gasteiger partial charge in [0.05, 0.1) is 6.20 Å². The number of rotatable bonds is 2. The Morgan fingerprint density at radius 2 is 1.83 bits per heavy atom. The summed E-state index contributed by atoms with van der Waals surface area (Å²) in [6, 6.07) is 6.69. The van der Waals surface area contributed by atoms with E-state index in [0.717, 1.165) is 43.9 Å². The number of benzene rings is 1. The number of fused-ring (bicyclic) bond motifs is 1. The van der Waals surface area contributed by atoms with E-state index in [4.69, 9.17) is 0 Å². The maximum Gasteiger partial charge on any atom is 0.344 e. The fourth-order valence-electron chi connectivity index (χ4n) is 3.89. The normalized spacial score (nSPS) is 23.7. The SMILES string of the molecule is Cc1cnn(C(=O)N2CC3CN(Cc4ccc(F)cc4)CC3C2)c1. The molecule has 0 aliphatic carbocycles. The predicted octanol–water partition coefficient (Wildman–Crippen LogP) is 2.36. The van der Waals surface area contributed by atoms with Crippen LogP contribution in [0.4, 0.5) is 9.18 Å². The number of nitrogens with zero attached hydrogens (tertiary/aromatic N) is 4. The van der Waals surface area contributed by atoms with E-state index in [-0.39, 0.29) is 11.8 Å². The molecule has 0 radical (unpaired) electrons. The number of hydrogen-bond donors (Lipinski definition) is 0. The highest BCUT2D eigenvalue weighted by Crippen LogP contribution is 2.32. The van der Waals surface area contributed by atoms with Crippen LogP contribution in [-0.2, 0) is 6.54 Å². The summed E-state index contributed by atoms with van der Waals surface area (Å²) < 4.78 is 14.4. The van der Waals surface area contributed by atoms with Gasteiger partial charge < -0.3 is 4.90 Å². The Hall–Kier alpha value is -2.21. The van der Waals surface area contributed by atoms with Crippen LogP contribution in [0.1, 0.15) is 11.1 Å². The Kier molecular flexibility index (Phi) is 3.84. The van der Waals surface area contributed by atoms with Crippen LogP contribution in [-0.4, -0.2) is 51.8 Å². The molecule has 1 aromatic carbocycles. The topological polar surface area (TPSA) is 41.4 Å². The highest BCUT2D eigenvalue weighted by Gasteiger charge is 2.41. The van der Waals surface area contributed by atoms with Crippen molar-refractivity contribution in [2.75, 3.05) is 26.2 Å². The van der Waals surface area contributed by atoms with Crippen LogP contribution >= 0.6 is 0 Å². The van der Waals surface area contributed by atoms with Gasteiger partial charge in [0.15, 0.2) is 0 Å². The molecule has 1 aromatic heterocycles. The molecule has 2 aromatic rings. The first kappa shape index (κ1) is 15.3. The van der Waals surface area contributed by atoms with Gasteiger partial charge in [-0.25, -0.2) is 9.18 Å². The number of likely N-dealkylation sites (tertiary alicyclic amines) is 2. The fourth-order valence-corrected chi connectivity index (χ4v) is 3.89. The van der Waals surface area contributed by atoms with Crippen LogP contribution < -0.4 is 0 Å². The second-order valence-corrected chi connectivity index (χ2v) is 6.99. The minimum absolute atomic E-state index is 0.0254. The van der Waals surface area contributed by atoms with Gasteiger partial charge in [0.1, 0.15) is 5.82 Å². The van der Waals surface area contributed by atoms with E-state index in [1.54, 1.807) is 12.4 Å². The average molecular weight is 328 g/mol. The third-order valence-electron chi connectivity index (χ3n) is 5.06. The Labute approximate surface area is 140 Å². The van der Waals surface area contributed by atoms with Crippen molar-refractivity contribution in [2.24, 2.45) is 11.8 Å². The molecule has 2 atom stereocenters. The van der Waals surface area contributed by atoms with Crippen LogP contribution in [0.5, 0.6) is 0 Å². The highest BCUT2D eigenvalue weighted by atomic mass is 19.1. The largest absolute Gasteiger partial charge is 0.344 e. The summed E-state index contributed by atoms with van der Waals surface area (Å²) >= 11 is 0. The van der Waals surface area contributed by atoms with Crippen molar-refractivity contribution >= 4 is 6.03 Å². The van der Waals surface area contributed by atoms with Crippen LogP contribution in [0.2, 0.25) is 0 Å². The number of amides is 1. The molecule has 2 unspecified atom stereocenters. The standard InChI is InChI=1S/C18H21FN4O/c1-13-6-20-23(7-13)18(24)22-11-15-9-21(10-16(15)12-22)8-14-2-4-17(19)5-3-14/h2-7,15-16H,8-12H2,1H3. The molecule has 0 saturated carbocycles. The van der Waals surface area contributed by atoms with E-state index in [1.807, 2.05) is 24.0 Å². The smallest absolute Gasteiger partial charge is 0.322 e. The Morgan fingerprint density at radius 1 is 1.17 bits per heavy atom. The zero-order valence-electron chi connectivity index (χ0n) is 13.7. The van der Waals surface area contributed by atoms with Crippen molar-refractivity contribution in [1.29, 1.82) is 0 Å². The molecule has 1 amide bonds. The lowest BCUT2D eigenvalue weighted by molar-refractivity contribution is 0.197. The Balaban J connectivity index is 1.35. The molecule has 0 N–H and O–H groups in total. The number of aromatic nitrogens is 2. The number of hydrogen-bond acceptors (Lipinski definition) is 3. The van der Waals surface area contributed by atoms with Gasteiger partial charge in [0.25, 0.3) is 0 Å². The third-order valence-corrected chi connectivity index (χ3v) is 5.06. The summed E-state index contributed by atoms with van der Waals surface area (Å²) in [5.74, 6) is 0.845. The van der Waals surface area contributed by atoms with Gasteiger partial charge in [-0.05, 0) is 42.0 Å². The molecule has 0 bridgehead atoms. The average Bonchev–Trinajstić information content (AvgIpc) is 3.23. The van der Waals surface area contributed by atoms with Crippen LogP contribution in [0.25, 0.3) is 0 Å². The van der Waals surface area contributed by atoms with Crippen molar-refractivity contribution in [3.8, 4) is 0 Å². The van der Waals surface area contributed by atoms with Gasteiger partial charge in [-0.3, -0.25) is 4.90 Å². The van der Waals surface area contributed by atoms with Gasteiger partial charge >= 0.3 is 6.03 Å². The van der Waals surface area contributed by atoms with Crippen molar-refractivity contribution in [2.45, 2.75) is 13.5 Å². The van der Waals surface area contributed by atoms with Crippen molar-refractivity contribution in [3.05, 3.63) is 53.6 Å². The molecule has 126 valence electrons. The van der Waals surface area contributed by atoms with Gasteiger partial charge in [-0.15, -0.1) is 0 Å². The molecule has 5 nitrogen and oxygen atoms in total. The maximum absolute atomic E-state index is 13.0. The molecule has 4 rings (SSSR count). The monoisotopic (exact) mass is 328 g/mol. The minimum Gasteiger partial charge on any atom is -0.322 e. The van der Waals surface area contributed by atoms with E-state index >= 15 is 0 Å². The molecule has 2 fully saturated rings. The van der Waals surface area contributed by atoms with Gasteiger partial charge in [-0.1, -0.05) is 12.1 Å². The summed E-state index contributed by atoms with van der Waals surface area (Å²) in [4.78, 5) is 16.8. The Bertz CT molecular complexity index is 728. The van der Waals surface area contributed by atoms with Gasteiger partial charge in [0, 0.05) is 38.9 Å². The summed E-state index contributed by atoms with van der Waals surface area (Å²) in [5, 5.41) is 4.12. The first-order valence-electron chi connectivity index (χ1n) is 8.36. The zero-order chi connectivity index (χ0) is 16.7. The summed E-state index contributed by atoms with van der Waals surface area (Å²) in [7, 11) is 0. The van der Waals surface area contributed by atoms with Crippen molar-refractivity contribution in [3.63, 3.8) is 0 Å². The van der Waals surface area contributed by atoms with Crippen molar-refractivity contribution < 1.29 is 9.18 Å². The van der Waals surface area contributed by atoms with E-state index in [2.05, 4.69) is 10.00 Å². The molecule has 0 spiro atoms. The van der Waals surface area contributed by atoms with E-state index in [9.17, 15) is 9.18 Å². The second kappa shape index (κ2) is 6.02. The predicted molar refractivity (Wildman–Crippen MR) is 88.0 cm³/mol. The van der Waals surface area contributed by atoms with Crippen LogP contribution in [0.15, 0.2) is 36.7 Å². The lowest BCUT2D eigenvalue weighted by atomic mass is 10.0. The zero-order valence-corrected chi connectivity index (χ0v) is 13.7.